The molecule has 4 heteroatoms. The fourth-order valence-electron chi connectivity index (χ4n) is 2.99. The molecule has 2 aromatic heterocycles. The number of ether oxygens (including phenoxy) is 1. The van der Waals surface area contributed by atoms with E-state index in [1.807, 2.05) is 65.0 Å². The fraction of sp³-hybridized carbons (Fsp3) is 0.118. The third kappa shape index (κ3) is 1.53. The van der Waals surface area contributed by atoms with Gasteiger partial charge < -0.3 is 13.9 Å². The van der Waals surface area contributed by atoms with Gasteiger partial charge in [0.25, 0.3) is 0 Å². The summed E-state index contributed by atoms with van der Waals surface area (Å²) in [4.78, 5) is 12.5. The van der Waals surface area contributed by atoms with E-state index in [0.29, 0.717) is 0 Å². The molecule has 1 aliphatic heterocycles. The Hall–Kier alpha value is -2.75. The zero-order valence-corrected chi connectivity index (χ0v) is 11.8. The summed E-state index contributed by atoms with van der Waals surface area (Å²) in [5, 5.41) is 0. The summed E-state index contributed by atoms with van der Waals surface area (Å²) in [5.41, 5.74) is 4.57. The van der Waals surface area contributed by atoms with Crippen LogP contribution < -0.4 is 4.74 Å². The maximum atomic E-state index is 12.5. The van der Waals surface area contributed by atoms with Gasteiger partial charge >= 0.3 is 0 Å². The molecule has 0 N–H and O–H groups in total. The molecule has 0 saturated heterocycles. The largest absolute Gasteiger partial charge is 0.497 e. The van der Waals surface area contributed by atoms with Gasteiger partial charge in [0.2, 0.25) is 5.78 Å². The molecule has 0 radical (unpaired) electrons. The van der Waals surface area contributed by atoms with Crippen LogP contribution >= 0.6 is 0 Å². The lowest BCUT2D eigenvalue weighted by atomic mass is 10.1. The lowest BCUT2D eigenvalue weighted by molar-refractivity contribution is 0.103. The minimum Gasteiger partial charge on any atom is -0.497 e. The highest BCUT2D eigenvalue weighted by molar-refractivity contribution is 6.14. The third-order valence-electron chi connectivity index (χ3n) is 3.99. The number of carbonyl (C=O) groups excluding carboxylic acids is 1. The molecule has 0 bridgehead atoms. The van der Waals surface area contributed by atoms with Crippen LogP contribution in [0.15, 0.2) is 48.8 Å². The van der Waals surface area contributed by atoms with E-state index in [1.54, 1.807) is 7.11 Å². The quantitative estimate of drug-likeness (QED) is 0.565. The Bertz CT molecular complexity index is 854. The van der Waals surface area contributed by atoms with Gasteiger partial charge in [-0.15, -0.1) is 0 Å². The van der Waals surface area contributed by atoms with Gasteiger partial charge in [0.1, 0.15) is 11.4 Å². The van der Waals surface area contributed by atoms with Crippen LogP contribution in [0, 0.1) is 0 Å². The van der Waals surface area contributed by atoms with Gasteiger partial charge in [-0.2, -0.15) is 0 Å². The number of hydrogen-bond donors (Lipinski definition) is 0. The van der Waals surface area contributed by atoms with E-state index >= 15 is 0 Å². The Morgan fingerprint density at radius 2 is 1.86 bits per heavy atom. The standard InChI is InChI=1S/C17H14N2O2/c1-18-10-13(11-5-7-12(21-2)8-6-11)15-16(18)17(20)14-4-3-9-19(14)15/h3-10H,1-2H3. The van der Waals surface area contributed by atoms with Crippen molar-refractivity contribution in [3.05, 3.63) is 60.2 Å². The van der Waals surface area contributed by atoms with Crippen LogP contribution in [0.4, 0.5) is 0 Å². The number of nitrogens with zero attached hydrogens (tertiary/aromatic N) is 2. The molecule has 21 heavy (non-hydrogen) atoms. The Labute approximate surface area is 122 Å². The number of ketones is 1. The number of fused-ring (bicyclic) bond motifs is 3. The molecule has 3 heterocycles. The maximum Gasteiger partial charge on any atom is 0.228 e. The third-order valence-corrected chi connectivity index (χ3v) is 3.99. The summed E-state index contributed by atoms with van der Waals surface area (Å²) >= 11 is 0. The van der Waals surface area contributed by atoms with Crippen molar-refractivity contribution in [1.29, 1.82) is 0 Å². The average Bonchev–Trinajstić information content (AvgIpc) is 3.16. The zero-order chi connectivity index (χ0) is 14.6. The number of carbonyl (C=O) groups is 1. The Morgan fingerprint density at radius 3 is 2.57 bits per heavy atom. The molecular formula is C17H14N2O2. The summed E-state index contributed by atoms with van der Waals surface area (Å²) in [6.45, 7) is 0. The summed E-state index contributed by atoms with van der Waals surface area (Å²) in [5.74, 6) is 0.904. The predicted molar refractivity (Wildman–Crippen MR) is 80.2 cm³/mol. The van der Waals surface area contributed by atoms with Gasteiger partial charge in [-0.25, -0.2) is 0 Å². The summed E-state index contributed by atoms with van der Waals surface area (Å²) < 4.78 is 9.08. The predicted octanol–water partition coefficient (Wildman–Crippen LogP) is 3.04. The van der Waals surface area contributed by atoms with Crippen molar-refractivity contribution >= 4 is 5.78 Å². The first-order valence-corrected chi connectivity index (χ1v) is 6.77. The number of aryl methyl sites for hydroxylation is 1. The molecule has 1 aliphatic rings. The van der Waals surface area contributed by atoms with Gasteiger partial charge in [0.15, 0.2) is 0 Å². The van der Waals surface area contributed by atoms with Gasteiger partial charge in [-0.3, -0.25) is 4.79 Å². The van der Waals surface area contributed by atoms with E-state index in [0.717, 1.165) is 34.0 Å². The molecule has 1 aromatic carbocycles. The monoisotopic (exact) mass is 278 g/mol. The van der Waals surface area contributed by atoms with Crippen molar-refractivity contribution in [2.24, 2.45) is 7.05 Å². The second kappa shape index (κ2) is 4.12. The van der Waals surface area contributed by atoms with Crippen molar-refractivity contribution in [2.45, 2.75) is 0 Å². The Kier molecular flexibility index (Phi) is 2.36. The number of hydrogen-bond acceptors (Lipinski definition) is 2. The SMILES string of the molecule is COc1ccc(-c2cn(C)c3c2-n2cccc2C3=O)cc1. The lowest BCUT2D eigenvalue weighted by Gasteiger charge is -2.05. The highest BCUT2D eigenvalue weighted by atomic mass is 16.5. The molecule has 4 nitrogen and oxygen atoms in total. The van der Waals surface area contributed by atoms with Crippen LogP contribution in [0.25, 0.3) is 16.8 Å². The van der Waals surface area contributed by atoms with E-state index in [-0.39, 0.29) is 5.78 Å². The van der Waals surface area contributed by atoms with Crippen molar-refractivity contribution in [2.75, 3.05) is 7.11 Å². The number of benzene rings is 1. The lowest BCUT2D eigenvalue weighted by Crippen LogP contribution is -2.02. The molecule has 0 aliphatic carbocycles. The average molecular weight is 278 g/mol. The fourth-order valence-corrected chi connectivity index (χ4v) is 2.99. The number of rotatable bonds is 2. The topological polar surface area (TPSA) is 36.2 Å². The number of methoxy groups -OCH3 is 1. The molecule has 0 unspecified atom stereocenters. The minimum absolute atomic E-state index is 0.0808. The normalized spacial score (nSPS) is 12.4. The van der Waals surface area contributed by atoms with Crippen molar-refractivity contribution in [3.63, 3.8) is 0 Å². The summed E-state index contributed by atoms with van der Waals surface area (Å²) in [6, 6.07) is 11.7. The molecule has 3 aromatic rings. The van der Waals surface area contributed by atoms with E-state index in [2.05, 4.69) is 0 Å². The highest BCUT2D eigenvalue weighted by Gasteiger charge is 2.32. The van der Waals surface area contributed by atoms with E-state index in [4.69, 9.17) is 4.74 Å². The first-order chi connectivity index (χ1) is 10.2. The Morgan fingerprint density at radius 1 is 1.10 bits per heavy atom. The van der Waals surface area contributed by atoms with E-state index in [9.17, 15) is 4.79 Å². The van der Waals surface area contributed by atoms with Crippen LogP contribution in [-0.2, 0) is 7.05 Å². The molecule has 0 amide bonds. The van der Waals surface area contributed by atoms with E-state index in [1.165, 1.54) is 0 Å². The van der Waals surface area contributed by atoms with Gasteiger partial charge in [0, 0.05) is 25.0 Å². The first kappa shape index (κ1) is 12.0. The Balaban J connectivity index is 1.95. The van der Waals surface area contributed by atoms with Crippen molar-refractivity contribution in [3.8, 4) is 22.6 Å². The van der Waals surface area contributed by atoms with Crippen LogP contribution in [-0.4, -0.2) is 22.0 Å². The van der Waals surface area contributed by atoms with Crippen LogP contribution in [0.5, 0.6) is 5.75 Å². The van der Waals surface area contributed by atoms with Crippen LogP contribution in [0.3, 0.4) is 0 Å². The summed E-state index contributed by atoms with van der Waals surface area (Å²) in [6.07, 6.45) is 3.94. The molecule has 0 saturated carbocycles. The molecular weight excluding hydrogens is 264 g/mol. The highest BCUT2D eigenvalue weighted by Crippen LogP contribution is 2.38. The first-order valence-electron chi connectivity index (χ1n) is 6.77. The maximum absolute atomic E-state index is 12.5. The molecule has 4 rings (SSSR count). The minimum atomic E-state index is 0.0808. The van der Waals surface area contributed by atoms with Gasteiger partial charge in [-0.05, 0) is 29.8 Å². The van der Waals surface area contributed by atoms with Crippen LogP contribution in [0.2, 0.25) is 0 Å². The molecule has 0 fully saturated rings. The van der Waals surface area contributed by atoms with Gasteiger partial charge in [0.05, 0.1) is 18.5 Å². The zero-order valence-electron chi connectivity index (χ0n) is 11.8. The second-order valence-corrected chi connectivity index (χ2v) is 5.17. The van der Waals surface area contributed by atoms with Crippen LogP contribution in [0.1, 0.15) is 16.2 Å². The second-order valence-electron chi connectivity index (χ2n) is 5.17. The summed E-state index contributed by atoms with van der Waals surface area (Å²) in [7, 11) is 3.57. The van der Waals surface area contributed by atoms with Gasteiger partial charge in [-0.1, -0.05) is 12.1 Å². The van der Waals surface area contributed by atoms with Crippen molar-refractivity contribution < 1.29 is 9.53 Å². The van der Waals surface area contributed by atoms with Crippen molar-refractivity contribution in [1.82, 2.24) is 9.13 Å². The number of aromatic nitrogens is 2. The smallest absolute Gasteiger partial charge is 0.228 e. The molecule has 0 spiro atoms. The molecule has 0 atom stereocenters. The van der Waals surface area contributed by atoms with E-state index < -0.39 is 0 Å². The molecule has 104 valence electrons.